The lowest BCUT2D eigenvalue weighted by Crippen LogP contribution is -2.21. The predicted molar refractivity (Wildman–Crippen MR) is 67.6 cm³/mol. The summed E-state index contributed by atoms with van der Waals surface area (Å²) >= 11 is 4.11. The maximum absolute atomic E-state index is 12.8. The van der Waals surface area contributed by atoms with Gasteiger partial charge in [-0.1, -0.05) is 6.07 Å². The van der Waals surface area contributed by atoms with Crippen LogP contribution >= 0.6 is 12.6 Å². The van der Waals surface area contributed by atoms with E-state index in [2.05, 4.69) is 12.6 Å². The smallest absolute Gasteiger partial charge is 0.126 e. The Balaban J connectivity index is 2.12. The fraction of sp³-hybridized carbons (Fsp3) is 0.500. The molecule has 0 bridgehead atoms. The molecule has 1 aromatic carbocycles. The summed E-state index contributed by atoms with van der Waals surface area (Å²) in [7, 11) is 0. The molecule has 90 valence electrons. The van der Waals surface area contributed by atoms with Gasteiger partial charge in [-0.15, -0.1) is 0 Å². The van der Waals surface area contributed by atoms with Crippen LogP contribution in [0.4, 0.5) is 4.39 Å². The van der Waals surface area contributed by atoms with Gasteiger partial charge < -0.3 is 10.5 Å². The van der Waals surface area contributed by atoms with Crippen molar-refractivity contribution in [1.82, 2.24) is 0 Å². The van der Waals surface area contributed by atoms with Gasteiger partial charge in [-0.05, 0) is 31.4 Å². The van der Waals surface area contributed by atoms with Crippen LogP contribution in [0.25, 0.3) is 0 Å². The molecule has 0 amide bonds. The molecule has 0 saturated heterocycles. The number of ether oxygens (including phenoxy) is 1. The van der Waals surface area contributed by atoms with Crippen molar-refractivity contribution < 1.29 is 9.13 Å². The molecule has 1 atom stereocenters. The van der Waals surface area contributed by atoms with Crippen LogP contribution in [0.5, 0.6) is 5.75 Å². The summed E-state index contributed by atoms with van der Waals surface area (Å²) in [4.78, 5) is 0. The van der Waals surface area contributed by atoms with Crippen LogP contribution in [0.1, 0.15) is 19.3 Å². The number of nitrogens with two attached hydrogens (primary N) is 1. The Bertz CT molecular complexity index is 309. The highest BCUT2D eigenvalue weighted by Crippen LogP contribution is 2.12. The molecule has 4 heteroatoms. The van der Waals surface area contributed by atoms with E-state index in [9.17, 15) is 4.39 Å². The third-order valence-electron chi connectivity index (χ3n) is 2.27. The lowest BCUT2D eigenvalue weighted by molar-refractivity contribution is 0.302. The van der Waals surface area contributed by atoms with Crippen LogP contribution in [0.2, 0.25) is 0 Å². The lowest BCUT2D eigenvalue weighted by atomic mass is 10.1. The zero-order chi connectivity index (χ0) is 11.8. The first-order valence-corrected chi connectivity index (χ1v) is 6.10. The van der Waals surface area contributed by atoms with E-state index < -0.39 is 0 Å². The van der Waals surface area contributed by atoms with E-state index in [1.165, 1.54) is 12.1 Å². The topological polar surface area (TPSA) is 35.2 Å². The molecule has 0 aliphatic carbocycles. The van der Waals surface area contributed by atoms with E-state index in [1.807, 2.05) is 0 Å². The van der Waals surface area contributed by atoms with E-state index in [0.29, 0.717) is 18.1 Å². The van der Waals surface area contributed by atoms with Gasteiger partial charge in [0.25, 0.3) is 0 Å². The van der Waals surface area contributed by atoms with E-state index in [0.717, 1.165) is 19.3 Å². The van der Waals surface area contributed by atoms with Crippen molar-refractivity contribution in [3.63, 3.8) is 0 Å². The molecular weight excluding hydrogens is 225 g/mol. The summed E-state index contributed by atoms with van der Waals surface area (Å²) in [6, 6.07) is 6.35. The number of halogens is 1. The molecular formula is C12H18FNOS. The maximum Gasteiger partial charge on any atom is 0.126 e. The Morgan fingerprint density at radius 1 is 1.38 bits per heavy atom. The van der Waals surface area contributed by atoms with Crippen LogP contribution in [-0.4, -0.2) is 18.4 Å². The Hall–Kier alpha value is -0.740. The summed E-state index contributed by atoms with van der Waals surface area (Å²) in [6.07, 6.45) is 2.89. The van der Waals surface area contributed by atoms with Gasteiger partial charge in [0.2, 0.25) is 0 Å². The zero-order valence-corrected chi connectivity index (χ0v) is 10.1. The molecule has 2 nitrogen and oxygen atoms in total. The molecule has 0 fully saturated rings. The first kappa shape index (κ1) is 13.3. The van der Waals surface area contributed by atoms with Gasteiger partial charge in [0.1, 0.15) is 11.6 Å². The van der Waals surface area contributed by atoms with Crippen LogP contribution in [-0.2, 0) is 0 Å². The van der Waals surface area contributed by atoms with Gasteiger partial charge >= 0.3 is 0 Å². The molecule has 0 aliphatic heterocycles. The Labute approximate surface area is 101 Å². The van der Waals surface area contributed by atoms with Gasteiger partial charge in [-0.3, -0.25) is 0 Å². The summed E-state index contributed by atoms with van der Waals surface area (Å²) in [6.45, 7) is 0.600. The van der Waals surface area contributed by atoms with E-state index in [4.69, 9.17) is 10.5 Å². The Kier molecular flexibility index (Phi) is 6.26. The number of unbranched alkanes of at least 4 members (excludes halogenated alkanes) is 1. The van der Waals surface area contributed by atoms with E-state index >= 15 is 0 Å². The third kappa shape index (κ3) is 5.37. The fourth-order valence-corrected chi connectivity index (χ4v) is 1.53. The predicted octanol–water partition coefficient (Wildman–Crippen LogP) is 2.63. The normalized spacial score (nSPS) is 12.4. The standard InChI is InChI=1S/C12H18FNOS/c13-10-4-3-6-12(8-10)15-7-2-1-5-11(14)9-16/h3-4,6,8,11,16H,1-2,5,7,9,14H2/t11-/m0/s1. The molecule has 0 aromatic heterocycles. The molecule has 2 N–H and O–H groups in total. The van der Waals surface area contributed by atoms with Gasteiger partial charge in [0.05, 0.1) is 6.61 Å². The number of benzene rings is 1. The maximum atomic E-state index is 12.8. The van der Waals surface area contributed by atoms with Crippen molar-refractivity contribution in [2.75, 3.05) is 12.4 Å². The first-order chi connectivity index (χ1) is 7.72. The van der Waals surface area contributed by atoms with Crippen molar-refractivity contribution in [1.29, 1.82) is 0 Å². The Morgan fingerprint density at radius 3 is 2.88 bits per heavy atom. The zero-order valence-electron chi connectivity index (χ0n) is 9.23. The number of thiol groups is 1. The van der Waals surface area contributed by atoms with Crippen molar-refractivity contribution >= 4 is 12.6 Å². The molecule has 16 heavy (non-hydrogen) atoms. The summed E-state index contributed by atoms with van der Waals surface area (Å²) < 4.78 is 18.2. The van der Waals surface area contributed by atoms with E-state index in [1.54, 1.807) is 12.1 Å². The Morgan fingerprint density at radius 2 is 2.19 bits per heavy atom. The molecule has 0 aliphatic rings. The average Bonchev–Trinajstić information content (AvgIpc) is 2.28. The van der Waals surface area contributed by atoms with Gasteiger partial charge in [0, 0.05) is 17.9 Å². The molecule has 0 saturated carbocycles. The second-order valence-electron chi connectivity index (χ2n) is 3.74. The van der Waals surface area contributed by atoms with Crippen LogP contribution < -0.4 is 10.5 Å². The second kappa shape index (κ2) is 7.52. The lowest BCUT2D eigenvalue weighted by Gasteiger charge is -2.08. The molecule has 0 heterocycles. The summed E-state index contributed by atoms with van der Waals surface area (Å²) in [5.74, 6) is 1.03. The van der Waals surface area contributed by atoms with Crippen molar-refractivity contribution in [2.24, 2.45) is 5.73 Å². The molecule has 1 aromatic rings. The van der Waals surface area contributed by atoms with Crippen molar-refractivity contribution in [3.8, 4) is 5.75 Å². The monoisotopic (exact) mass is 243 g/mol. The third-order valence-corrected chi connectivity index (χ3v) is 2.74. The SMILES string of the molecule is N[C@H](CS)CCCCOc1cccc(F)c1. The van der Waals surface area contributed by atoms with Crippen LogP contribution in [0.3, 0.4) is 0 Å². The molecule has 0 unspecified atom stereocenters. The number of rotatable bonds is 7. The summed E-state index contributed by atoms with van der Waals surface area (Å²) in [5.41, 5.74) is 5.72. The average molecular weight is 243 g/mol. The van der Waals surface area contributed by atoms with Crippen LogP contribution in [0.15, 0.2) is 24.3 Å². The minimum atomic E-state index is -0.269. The molecule has 1 rings (SSSR count). The highest BCUT2D eigenvalue weighted by atomic mass is 32.1. The molecule has 0 radical (unpaired) electrons. The largest absolute Gasteiger partial charge is 0.493 e. The second-order valence-corrected chi connectivity index (χ2v) is 4.11. The first-order valence-electron chi connectivity index (χ1n) is 5.47. The fourth-order valence-electron chi connectivity index (χ4n) is 1.35. The number of hydrogen-bond acceptors (Lipinski definition) is 3. The van der Waals surface area contributed by atoms with Crippen molar-refractivity contribution in [3.05, 3.63) is 30.1 Å². The minimum absolute atomic E-state index is 0.164. The van der Waals surface area contributed by atoms with Gasteiger partial charge in [-0.2, -0.15) is 12.6 Å². The minimum Gasteiger partial charge on any atom is -0.493 e. The highest BCUT2D eigenvalue weighted by molar-refractivity contribution is 7.80. The van der Waals surface area contributed by atoms with E-state index in [-0.39, 0.29) is 11.9 Å². The van der Waals surface area contributed by atoms with Gasteiger partial charge in [0.15, 0.2) is 0 Å². The summed E-state index contributed by atoms with van der Waals surface area (Å²) in [5, 5.41) is 0. The highest BCUT2D eigenvalue weighted by Gasteiger charge is 1.99. The van der Waals surface area contributed by atoms with Crippen molar-refractivity contribution in [2.45, 2.75) is 25.3 Å². The van der Waals surface area contributed by atoms with Crippen LogP contribution in [0, 0.1) is 5.82 Å². The van der Waals surface area contributed by atoms with Gasteiger partial charge in [-0.25, -0.2) is 4.39 Å². The number of hydrogen-bond donors (Lipinski definition) is 2. The quantitative estimate of drug-likeness (QED) is 0.570. The molecule has 0 spiro atoms.